The maximum Gasteiger partial charge on any atom is 0.269 e. The highest BCUT2D eigenvalue weighted by atomic mass is 19.1. The Labute approximate surface area is 121 Å². The largest absolute Gasteiger partial charge is 0.493 e. The number of hydrazine groups is 1. The van der Waals surface area contributed by atoms with E-state index < -0.39 is 5.91 Å². The number of carbonyl (C=O) groups excluding carboxylic acids is 1. The number of hydrogen-bond donors (Lipinski definition) is 2. The van der Waals surface area contributed by atoms with E-state index in [9.17, 15) is 9.18 Å². The van der Waals surface area contributed by atoms with Crippen molar-refractivity contribution in [2.24, 2.45) is 5.84 Å². The van der Waals surface area contributed by atoms with Gasteiger partial charge in [-0.3, -0.25) is 10.2 Å². The van der Waals surface area contributed by atoms with Crippen molar-refractivity contribution in [3.63, 3.8) is 0 Å². The van der Waals surface area contributed by atoms with Gasteiger partial charge in [-0.25, -0.2) is 10.2 Å². The standard InChI is InChI=1S/C15H15FN2O3/c1-20-13-8-4-6-11(15(19)18-17)14(13)21-9-10-5-2-3-7-12(10)16/h2-8H,9,17H2,1H3,(H,18,19). The molecule has 2 rings (SSSR count). The first-order valence-electron chi connectivity index (χ1n) is 6.21. The number of hydrogen-bond acceptors (Lipinski definition) is 4. The van der Waals surface area contributed by atoms with Crippen molar-refractivity contribution in [3.8, 4) is 11.5 Å². The fourth-order valence-corrected chi connectivity index (χ4v) is 1.85. The fraction of sp³-hybridized carbons (Fsp3) is 0.133. The smallest absolute Gasteiger partial charge is 0.269 e. The van der Waals surface area contributed by atoms with Gasteiger partial charge < -0.3 is 9.47 Å². The molecule has 0 bridgehead atoms. The van der Waals surface area contributed by atoms with Crippen molar-refractivity contribution >= 4 is 5.91 Å². The molecule has 5 nitrogen and oxygen atoms in total. The van der Waals surface area contributed by atoms with E-state index in [1.54, 1.807) is 36.4 Å². The van der Waals surface area contributed by atoms with Crippen molar-refractivity contribution in [2.75, 3.05) is 7.11 Å². The van der Waals surface area contributed by atoms with Crippen LogP contribution in [0, 0.1) is 5.82 Å². The number of nitrogens with one attached hydrogen (secondary N) is 1. The predicted molar refractivity (Wildman–Crippen MR) is 75.4 cm³/mol. The van der Waals surface area contributed by atoms with Crippen LogP contribution in [0.1, 0.15) is 15.9 Å². The van der Waals surface area contributed by atoms with E-state index >= 15 is 0 Å². The summed E-state index contributed by atoms with van der Waals surface area (Å²) < 4.78 is 24.3. The third kappa shape index (κ3) is 3.29. The van der Waals surface area contributed by atoms with Crippen LogP contribution in [-0.2, 0) is 6.61 Å². The van der Waals surface area contributed by atoms with E-state index in [2.05, 4.69) is 0 Å². The molecule has 0 heterocycles. The van der Waals surface area contributed by atoms with E-state index in [1.807, 2.05) is 5.43 Å². The molecule has 0 atom stereocenters. The summed E-state index contributed by atoms with van der Waals surface area (Å²) in [4.78, 5) is 11.7. The summed E-state index contributed by atoms with van der Waals surface area (Å²) >= 11 is 0. The Kier molecular flexibility index (Phi) is 4.73. The molecule has 2 aromatic carbocycles. The average molecular weight is 290 g/mol. The Morgan fingerprint density at radius 2 is 2.00 bits per heavy atom. The molecule has 0 spiro atoms. The molecule has 21 heavy (non-hydrogen) atoms. The van der Waals surface area contributed by atoms with Crippen LogP contribution in [0.2, 0.25) is 0 Å². The molecule has 6 heteroatoms. The van der Waals surface area contributed by atoms with Crippen LogP contribution >= 0.6 is 0 Å². The zero-order valence-electron chi connectivity index (χ0n) is 11.4. The third-order valence-corrected chi connectivity index (χ3v) is 2.90. The fourth-order valence-electron chi connectivity index (χ4n) is 1.85. The highest BCUT2D eigenvalue weighted by molar-refractivity contribution is 5.97. The number of rotatable bonds is 5. The molecule has 3 N–H and O–H groups in total. The van der Waals surface area contributed by atoms with Gasteiger partial charge >= 0.3 is 0 Å². The molecule has 0 saturated heterocycles. The van der Waals surface area contributed by atoms with E-state index in [0.717, 1.165) is 0 Å². The van der Waals surface area contributed by atoms with Crippen molar-refractivity contribution in [1.29, 1.82) is 0 Å². The Morgan fingerprint density at radius 1 is 1.24 bits per heavy atom. The van der Waals surface area contributed by atoms with Gasteiger partial charge in [-0.15, -0.1) is 0 Å². The minimum absolute atomic E-state index is 0.0299. The van der Waals surface area contributed by atoms with E-state index in [0.29, 0.717) is 11.3 Å². The van der Waals surface area contributed by atoms with Crippen LogP contribution in [0.4, 0.5) is 4.39 Å². The summed E-state index contributed by atoms with van der Waals surface area (Å²) in [6.45, 7) is -0.0299. The molecule has 0 aliphatic rings. The SMILES string of the molecule is COc1cccc(C(=O)NN)c1OCc1ccccc1F. The molecule has 0 aromatic heterocycles. The molecule has 2 aromatic rings. The van der Waals surface area contributed by atoms with Crippen molar-refractivity contribution in [2.45, 2.75) is 6.61 Å². The molecule has 1 amide bonds. The number of nitrogen functional groups attached to an aromatic ring is 1. The second-order valence-corrected chi connectivity index (χ2v) is 4.19. The summed E-state index contributed by atoms with van der Waals surface area (Å²) in [5, 5.41) is 0. The maximum atomic E-state index is 13.6. The number of amides is 1. The molecule has 0 unspecified atom stereocenters. The van der Waals surface area contributed by atoms with Gasteiger partial charge in [0, 0.05) is 5.56 Å². The van der Waals surface area contributed by atoms with Crippen LogP contribution in [0.3, 0.4) is 0 Å². The lowest BCUT2D eigenvalue weighted by Gasteiger charge is -2.14. The third-order valence-electron chi connectivity index (χ3n) is 2.90. The summed E-state index contributed by atoms with van der Waals surface area (Å²) in [6, 6.07) is 11.1. The van der Waals surface area contributed by atoms with Crippen LogP contribution in [0.25, 0.3) is 0 Å². The zero-order chi connectivity index (χ0) is 15.2. The first kappa shape index (κ1) is 14.8. The Hall–Kier alpha value is -2.60. The van der Waals surface area contributed by atoms with Gasteiger partial charge in [-0.05, 0) is 18.2 Å². The monoisotopic (exact) mass is 290 g/mol. The molecular weight excluding hydrogens is 275 g/mol. The summed E-state index contributed by atoms with van der Waals surface area (Å²) in [6.07, 6.45) is 0. The number of para-hydroxylation sites is 1. The molecule has 110 valence electrons. The van der Waals surface area contributed by atoms with Crippen LogP contribution in [0.15, 0.2) is 42.5 Å². The van der Waals surface area contributed by atoms with E-state index in [4.69, 9.17) is 15.3 Å². The summed E-state index contributed by atoms with van der Waals surface area (Å²) in [5.74, 6) is 4.83. The number of methoxy groups -OCH3 is 1. The first-order chi connectivity index (χ1) is 10.2. The molecule has 0 radical (unpaired) electrons. The second kappa shape index (κ2) is 6.71. The number of nitrogens with two attached hydrogens (primary N) is 1. The van der Waals surface area contributed by atoms with Gasteiger partial charge in [0.2, 0.25) is 0 Å². The van der Waals surface area contributed by atoms with Crippen LogP contribution in [-0.4, -0.2) is 13.0 Å². The molecule has 0 saturated carbocycles. The van der Waals surface area contributed by atoms with Gasteiger partial charge in [-0.2, -0.15) is 0 Å². The Balaban J connectivity index is 2.30. The molecule has 0 fully saturated rings. The van der Waals surface area contributed by atoms with Gasteiger partial charge in [0.15, 0.2) is 11.5 Å². The van der Waals surface area contributed by atoms with Gasteiger partial charge in [0.1, 0.15) is 12.4 Å². The van der Waals surface area contributed by atoms with Gasteiger partial charge in [0.05, 0.1) is 12.7 Å². The summed E-state index contributed by atoms with van der Waals surface area (Å²) in [5.41, 5.74) is 2.63. The summed E-state index contributed by atoms with van der Waals surface area (Å²) in [7, 11) is 1.45. The van der Waals surface area contributed by atoms with Crippen molar-refractivity contribution in [3.05, 3.63) is 59.4 Å². The zero-order valence-corrected chi connectivity index (χ0v) is 11.4. The van der Waals surface area contributed by atoms with E-state index in [-0.39, 0.29) is 23.7 Å². The van der Waals surface area contributed by atoms with Gasteiger partial charge in [-0.1, -0.05) is 24.3 Å². The van der Waals surface area contributed by atoms with Crippen molar-refractivity contribution < 1.29 is 18.7 Å². The van der Waals surface area contributed by atoms with Gasteiger partial charge in [0.25, 0.3) is 5.91 Å². The van der Waals surface area contributed by atoms with Crippen LogP contribution < -0.4 is 20.7 Å². The number of benzene rings is 2. The van der Waals surface area contributed by atoms with E-state index in [1.165, 1.54) is 13.2 Å². The minimum Gasteiger partial charge on any atom is -0.493 e. The number of carbonyl (C=O) groups is 1. The lowest BCUT2D eigenvalue weighted by atomic mass is 10.1. The van der Waals surface area contributed by atoms with Crippen LogP contribution in [0.5, 0.6) is 11.5 Å². The lowest BCUT2D eigenvalue weighted by molar-refractivity contribution is 0.0948. The van der Waals surface area contributed by atoms with Crippen molar-refractivity contribution in [1.82, 2.24) is 5.43 Å². The average Bonchev–Trinajstić information content (AvgIpc) is 2.53. The first-order valence-corrected chi connectivity index (χ1v) is 6.21. The molecule has 0 aliphatic heterocycles. The molecular formula is C15H15FN2O3. The normalized spacial score (nSPS) is 10.0. The lowest BCUT2D eigenvalue weighted by Crippen LogP contribution is -2.30. The highest BCUT2D eigenvalue weighted by Crippen LogP contribution is 2.31. The Morgan fingerprint density at radius 3 is 2.67 bits per heavy atom. The predicted octanol–water partition coefficient (Wildman–Crippen LogP) is 2.02. The molecule has 0 aliphatic carbocycles. The second-order valence-electron chi connectivity index (χ2n) is 4.19. The number of ether oxygens (including phenoxy) is 2. The minimum atomic E-state index is -0.516. The quantitative estimate of drug-likeness (QED) is 0.502. The maximum absolute atomic E-state index is 13.6. The topological polar surface area (TPSA) is 73.6 Å². The highest BCUT2D eigenvalue weighted by Gasteiger charge is 2.17. The Bertz CT molecular complexity index is 647. The number of halogens is 1.